The molecule has 0 bridgehead atoms. The number of benzene rings is 1. The lowest BCUT2D eigenvalue weighted by Crippen LogP contribution is -2.33. The fraction of sp³-hybridized carbons (Fsp3) is 0.500. The molecule has 0 aromatic heterocycles. The quantitative estimate of drug-likeness (QED) is 0.859. The van der Waals surface area contributed by atoms with Gasteiger partial charge in [-0.3, -0.25) is 9.59 Å². The van der Waals surface area contributed by atoms with E-state index in [9.17, 15) is 18.0 Å². The summed E-state index contributed by atoms with van der Waals surface area (Å²) in [4.78, 5) is 25.0. The van der Waals surface area contributed by atoms with Crippen molar-refractivity contribution in [3.63, 3.8) is 0 Å². The van der Waals surface area contributed by atoms with Crippen molar-refractivity contribution >= 4 is 21.9 Å². The highest BCUT2D eigenvalue weighted by molar-refractivity contribution is 7.89. The summed E-state index contributed by atoms with van der Waals surface area (Å²) in [6.07, 6.45) is 0.412. The Bertz CT molecular complexity index is 745. The maximum Gasteiger partial charge on any atom is 0.308 e. The fourth-order valence-electron chi connectivity index (χ4n) is 2.56. The van der Waals surface area contributed by atoms with Crippen molar-refractivity contribution in [3.8, 4) is 0 Å². The van der Waals surface area contributed by atoms with Crippen molar-refractivity contribution < 1.29 is 23.1 Å². The number of carbonyl (C=O) groups is 2. The minimum Gasteiger partial charge on any atom is -0.481 e. The number of aliphatic carboxylic acids is 1. The molecule has 1 heterocycles. The van der Waals surface area contributed by atoms with E-state index >= 15 is 0 Å². The highest BCUT2D eigenvalue weighted by Gasteiger charge is 2.32. The van der Waals surface area contributed by atoms with Gasteiger partial charge in [-0.05, 0) is 38.5 Å². The molecular weight excluding hydrogens is 332 g/mol. The van der Waals surface area contributed by atoms with Crippen LogP contribution in [0.4, 0.5) is 0 Å². The number of amides is 1. The number of carboxylic acid groups (broad SMARTS) is 1. The SMILES string of the molecule is CC(C)N(C)S(=O)(=O)c1cccc(C(=O)N2CCC(C(=O)O)C2)c1. The number of carbonyl (C=O) groups excluding carboxylic acids is 1. The van der Waals surface area contributed by atoms with Crippen LogP contribution in [0.25, 0.3) is 0 Å². The molecule has 1 atom stereocenters. The van der Waals surface area contributed by atoms with E-state index in [0.29, 0.717) is 13.0 Å². The van der Waals surface area contributed by atoms with Crippen LogP contribution in [-0.2, 0) is 14.8 Å². The van der Waals surface area contributed by atoms with Crippen LogP contribution in [0, 0.1) is 5.92 Å². The second-order valence-corrected chi connectivity index (χ2v) is 8.22. The molecule has 1 fully saturated rings. The van der Waals surface area contributed by atoms with E-state index in [2.05, 4.69) is 0 Å². The summed E-state index contributed by atoms with van der Waals surface area (Å²) in [6.45, 7) is 4.04. The van der Waals surface area contributed by atoms with Crippen LogP contribution in [0.15, 0.2) is 29.2 Å². The van der Waals surface area contributed by atoms with Crippen LogP contribution in [-0.4, -0.2) is 60.8 Å². The summed E-state index contributed by atoms with van der Waals surface area (Å²) in [5, 5.41) is 9.02. The Morgan fingerprint density at radius 1 is 1.33 bits per heavy atom. The fourth-order valence-corrected chi connectivity index (χ4v) is 3.98. The molecule has 24 heavy (non-hydrogen) atoms. The number of carboxylic acids is 1. The first kappa shape index (κ1) is 18.4. The second kappa shape index (κ2) is 6.90. The Balaban J connectivity index is 2.25. The molecule has 132 valence electrons. The lowest BCUT2D eigenvalue weighted by Gasteiger charge is -2.21. The van der Waals surface area contributed by atoms with Gasteiger partial charge < -0.3 is 10.0 Å². The third kappa shape index (κ3) is 3.59. The summed E-state index contributed by atoms with van der Waals surface area (Å²) in [6, 6.07) is 5.67. The zero-order valence-electron chi connectivity index (χ0n) is 14.0. The minimum absolute atomic E-state index is 0.0542. The average Bonchev–Trinajstić information content (AvgIpc) is 3.03. The smallest absolute Gasteiger partial charge is 0.308 e. The summed E-state index contributed by atoms with van der Waals surface area (Å²) in [7, 11) is -2.18. The van der Waals surface area contributed by atoms with Crippen molar-refractivity contribution in [2.75, 3.05) is 20.1 Å². The Morgan fingerprint density at radius 2 is 2.00 bits per heavy atom. The highest BCUT2D eigenvalue weighted by atomic mass is 32.2. The molecule has 0 aliphatic carbocycles. The van der Waals surface area contributed by atoms with Crippen molar-refractivity contribution in [1.82, 2.24) is 9.21 Å². The predicted octanol–water partition coefficient (Wildman–Crippen LogP) is 1.26. The van der Waals surface area contributed by atoms with Gasteiger partial charge in [0, 0.05) is 31.7 Å². The standard InChI is InChI=1S/C16H22N2O5S/c1-11(2)17(3)24(22,23)14-6-4-5-12(9-14)15(19)18-8-7-13(10-18)16(20)21/h4-6,9,11,13H,7-8,10H2,1-3H3,(H,20,21). The first-order valence-corrected chi connectivity index (χ1v) is 9.18. The van der Waals surface area contributed by atoms with Crippen molar-refractivity contribution in [2.45, 2.75) is 31.2 Å². The van der Waals surface area contributed by atoms with Gasteiger partial charge >= 0.3 is 5.97 Å². The van der Waals surface area contributed by atoms with E-state index in [4.69, 9.17) is 5.11 Å². The van der Waals surface area contributed by atoms with Crippen LogP contribution >= 0.6 is 0 Å². The topological polar surface area (TPSA) is 95.0 Å². The Hall–Kier alpha value is -1.93. The second-order valence-electron chi connectivity index (χ2n) is 6.22. The molecule has 7 nitrogen and oxygen atoms in total. The first-order valence-electron chi connectivity index (χ1n) is 7.74. The van der Waals surface area contributed by atoms with Gasteiger partial charge in [0.1, 0.15) is 0 Å². The molecule has 0 spiro atoms. The van der Waals surface area contributed by atoms with Gasteiger partial charge in [-0.1, -0.05) is 6.07 Å². The zero-order chi connectivity index (χ0) is 18.1. The van der Waals surface area contributed by atoms with E-state index in [1.54, 1.807) is 19.9 Å². The minimum atomic E-state index is -3.67. The van der Waals surface area contributed by atoms with Crippen LogP contribution < -0.4 is 0 Å². The summed E-state index contributed by atoms with van der Waals surface area (Å²) in [5.41, 5.74) is 0.249. The van der Waals surface area contributed by atoms with Gasteiger partial charge in [0.2, 0.25) is 10.0 Å². The third-order valence-corrected chi connectivity index (χ3v) is 6.34. The van der Waals surface area contributed by atoms with Crippen molar-refractivity contribution in [2.24, 2.45) is 5.92 Å². The van der Waals surface area contributed by atoms with Gasteiger partial charge in [-0.2, -0.15) is 4.31 Å². The monoisotopic (exact) mass is 354 g/mol. The van der Waals surface area contributed by atoms with Gasteiger partial charge in [-0.25, -0.2) is 8.42 Å². The number of rotatable bonds is 5. The van der Waals surface area contributed by atoms with Crippen LogP contribution in [0.5, 0.6) is 0 Å². The summed E-state index contributed by atoms with van der Waals surface area (Å²) in [5.74, 6) is -1.82. The van der Waals surface area contributed by atoms with E-state index in [1.165, 1.54) is 34.5 Å². The molecule has 1 aromatic carbocycles. The van der Waals surface area contributed by atoms with Gasteiger partial charge in [0.05, 0.1) is 10.8 Å². The van der Waals surface area contributed by atoms with Crippen LogP contribution in [0.1, 0.15) is 30.6 Å². The van der Waals surface area contributed by atoms with E-state index < -0.39 is 21.9 Å². The van der Waals surface area contributed by atoms with E-state index in [1.807, 2.05) is 0 Å². The Morgan fingerprint density at radius 3 is 2.54 bits per heavy atom. The Kier molecular flexibility index (Phi) is 5.29. The van der Waals surface area contributed by atoms with E-state index in [-0.39, 0.29) is 29.0 Å². The maximum absolute atomic E-state index is 12.5. The molecule has 2 rings (SSSR count). The lowest BCUT2D eigenvalue weighted by molar-refractivity contribution is -0.141. The molecule has 1 aromatic rings. The molecule has 1 N–H and O–H groups in total. The number of hydrogen-bond donors (Lipinski definition) is 1. The third-order valence-electron chi connectivity index (χ3n) is 4.31. The van der Waals surface area contributed by atoms with Gasteiger partial charge in [0.15, 0.2) is 0 Å². The molecule has 1 saturated heterocycles. The average molecular weight is 354 g/mol. The van der Waals surface area contributed by atoms with Gasteiger partial charge in [-0.15, -0.1) is 0 Å². The molecule has 1 aliphatic rings. The molecule has 1 amide bonds. The van der Waals surface area contributed by atoms with Crippen LogP contribution in [0.2, 0.25) is 0 Å². The number of hydrogen-bond acceptors (Lipinski definition) is 4. The van der Waals surface area contributed by atoms with Gasteiger partial charge in [0.25, 0.3) is 5.91 Å². The number of sulfonamides is 1. The molecule has 1 unspecified atom stereocenters. The molecular formula is C16H22N2O5S. The zero-order valence-corrected chi connectivity index (χ0v) is 14.8. The molecule has 8 heteroatoms. The van der Waals surface area contributed by atoms with E-state index in [0.717, 1.165) is 0 Å². The lowest BCUT2D eigenvalue weighted by atomic mass is 10.1. The van der Waals surface area contributed by atoms with Crippen molar-refractivity contribution in [1.29, 1.82) is 0 Å². The van der Waals surface area contributed by atoms with Crippen molar-refractivity contribution in [3.05, 3.63) is 29.8 Å². The summed E-state index contributed by atoms with van der Waals surface area (Å²) < 4.78 is 26.3. The number of likely N-dealkylation sites (tertiary alicyclic amines) is 1. The highest BCUT2D eigenvalue weighted by Crippen LogP contribution is 2.22. The molecule has 1 aliphatic heterocycles. The summed E-state index contributed by atoms with van der Waals surface area (Å²) >= 11 is 0. The maximum atomic E-state index is 12.5. The van der Waals surface area contributed by atoms with Crippen LogP contribution in [0.3, 0.4) is 0 Å². The normalized spacial score (nSPS) is 18.4. The largest absolute Gasteiger partial charge is 0.481 e. The predicted molar refractivity (Wildman–Crippen MR) is 88.2 cm³/mol. The molecule has 0 saturated carbocycles. The molecule has 0 radical (unpaired) electrons. The number of nitrogens with zero attached hydrogens (tertiary/aromatic N) is 2. The Labute approximate surface area is 141 Å². The first-order chi connectivity index (χ1) is 11.1.